The number of aliphatic hydroxyl groups is 1. The minimum absolute atomic E-state index is 0.109. The van der Waals surface area contributed by atoms with Gasteiger partial charge in [0.05, 0.1) is 11.4 Å². The van der Waals surface area contributed by atoms with Crippen LogP contribution >= 0.6 is 0 Å². The summed E-state index contributed by atoms with van der Waals surface area (Å²) in [6.45, 7) is 0.109. The molecule has 0 bridgehead atoms. The molecule has 1 fully saturated rings. The van der Waals surface area contributed by atoms with E-state index in [0.29, 0.717) is 5.56 Å². The summed E-state index contributed by atoms with van der Waals surface area (Å²) >= 11 is 0. The average Bonchev–Trinajstić information content (AvgIpc) is 3.52. The summed E-state index contributed by atoms with van der Waals surface area (Å²) in [5, 5.41) is 13.9. The van der Waals surface area contributed by atoms with Crippen LogP contribution in [-0.4, -0.2) is 44.4 Å². The lowest BCUT2D eigenvalue weighted by Crippen LogP contribution is -2.42. The number of amides is 1. The zero-order chi connectivity index (χ0) is 19.7. The van der Waals surface area contributed by atoms with E-state index < -0.39 is 15.6 Å². The van der Waals surface area contributed by atoms with E-state index in [1.165, 1.54) is 38.4 Å². The summed E-state index contributed by atoms with van der Waals surface area (Å²) in [7, 11) is -0.619. The first-order valence-corrected chi connectivity index (χ1v) is 10.3. The summed E-state index contributed by atoms with van der Waals surface area (Å²) in [5.74, 6) is -0.216. The Labute approximate surface area is 159 Å². The van der Waals surface area contributed by atoms with Gasteiger partial charge >= 0.3 is 0 Å². The molecule has 2 aromatic carbocycles. The third kappa shape index (κ3) is 4.05. The number of nitrogens with zero attached hydrogens (tertiary/aromatic N) is 1. The van der Waals surface area contributed by atoms with Crippen molar-refractivity contribution in [3.05, 3.63) is 65.7 Å². The molecule has 1 atom stereocenters. The highest BCUT2D eigenvalue weighted by molar-refractivity contribution is 7.89. The van der Waals surface area contributed by atoms with Gasteiger partial charge in [-0.15, -0.1) is 0 Å². The van der Waals surface area contributed by atoms with Crippen LogP contribution in [-0.2, 0) is 15.6 Å². The number of carbonyl (C=O) groups excluding carboxylic acids is 1. The van der Waals surface area contributed by atoms with Crippen LogP contribution in [0.1, 0.15) is 28.8 Å². The van der Waals surface area contributed by atoms with Crippen LogP contribution in [0.3, 0.4) is 0 Å². The van der Waals surface area contributed by atoms with E-state index in [4.69, 9.17) is 0 Å². The Morgan fingerprint density at radius 3 is 2.22 bits per heavy atom. The fraction of sp³-hybridized carbons (Fsp3) is 0.350. The SMILES string of the molecule is CN(C)S(=O)(=O)c1ccc(C(=O)NCC(O)(c2ccccc2)C2CC2)cc1. The number of carbonyl (C=O) groups is 1. The summed E-state index contributed by atoms with van der Waals surface area (Å²) in [6.07, 6.45) is 1.86. The Hall–Kier alpha value is -2.22. The molecule has 0 heterocycles. The van der Waals surface area contributed by atoms with Crippen LogP contribution in [0.2, 0.25) is 0 Å². The van der Waals surface area contributed by atoms with Gasteiger partial charge in [-0.1, -0.05) is 30.3 Å². The Bertz CT molecular complexity index is 907. The lowest BCUT2D eigenvalue weighted by molar-refractivity contribution is 0.0135. The maximum absolute atomic E-state index is 12.5. The molecule has 0 aromatic heterocycles. The molecule has 27 heavy (non-hydrogen) atoms. The number of sulfonamides is 1. The molecule has 6 nitrogen and oxygen atoms in total. The molecule has 144 valence electrons. The van der Waals surface area contributed by atoms with Crippen LogP contribution in [0.15, 0.2) is 59.5 Å². The van der Waals surface area contributed by atoms with Gasteiger partial charge in [0.15, 0.2) is 0 Å². The molecule has 2 aromatic rings. The predicted octanol–water partition coefficient (Wildman–Crippen LogP) is 1.96. The van der Waals surface area contributed by atoms with Crippen molar-refractivity contribution in [1.29, 1.82) is 0 Å². The van der Waals surface area contributed by atoms with E-state index in [0.717, 1.165) is 22.7 Å². The molecule has 1 amide bonds. The average molecular weight is 388 g/mol. The number of nitrogens with one attached hydrogen (secondary N) is 1. The van der Waals surface area contributed by atoms with E-state index >= 15 is 0 Å². The van der Waals surface area contributed by atoms with E-state index in [1.54, 1.807) is 0 Å². The maximum Gasteiger partial charge on any atom is 0.251 e. The highest BCUT2D eigenvalue weighted by Crippen LogP contribution is 2.45. The number of benzene rings is 2. The van der Waals surface area contributed by atoms with E-state index in [1.807, 2.05) is 30.3 Å². The number of hydrogen-bond donors (Lipinski definition) is 2. The monoisotopic (exact) mass is 388 g/mol. The largest absolute Gasteiger partial charge is 0.383 e. The van der Waals surface area contributed by atoms with E-state index in [-0.39, 0.29) is 23.3 Å². The Kier molecular flexibility index (Phi) is 5.37. The maximum atomic E-state index is 12.5. The van der Waals surface area contributed by atoms with Crippen molar-refractivity contribution in [2.24, 2.45) is 5.92 Å². The normalized spacial score (nSPS) is 16.7. The summed E-state index contributed by atoms with van der Waals surface area (Å²) in [5.41, 5.74) is 0.0460. The lowest BCUT2D eigenvalue weighted by atomic mass is 9.88. The minimum atomic E-state index is -3.53. The lowest BCUT2D eigenvalue weighted by Gasteiger charge is -2.29. The quantitative estimate of drug-likeness (QED) is 0.759. The van der Waals surface area contributed by atoms with Gasteiger partial charge in [-0.2, -0.15) is 0 Å². The first kappa shape index (κ1) is 19.5. The summed E-state index contributed by atoms with van der Waals surface area (Å²) in [4.78, 5) is 12.6. The zero-order valence-electron chi connectivity index (χ0n) is 15.4. The summed E-state index contributed by atoms with van der Waals surface area (Å²) in [6, 6.07) is 15.1. The highest BCUT2D eigenvalue weighted by Gasteiger charge is 2.45. The molecular formula is C20H24N2O4S. The van der Waals surface area contributed by atoms with Crippen molar-refractivity contribution in [2.45, 2.75) is 23.3 Å². The Morgan fingerprint density at radius 2 is 1.70 bits per heavy atom. The van der Waals surface area contributed by atoms with Gasteiger partial charge in [-0.25, -0.2) is 12.7 Å². The van der Waals surface area contributed by atoms with Gasteiger partial charge < -0.3 is 10.4 Å². The van der Waals surface area contributed by atoms with Crippen LogP contribution < -0.4 is 5.32 Å². The van der Waals surface area contributed by atoms with Gasteiger partial charge in [-0.3, -0.25) is 4.79 Å². The topological polar surface area (TPSA) is 86.7 Å². The van der Waals surface area contributed by atoms with Crippen LogP contribution in [0.4, 0.5) is 0 Å². The zero-order valence-corrected chi connectivity index (χ0v) is 16.2. The van der Waals surface area contributed by atoms with Gasteiger partial charge in [0.1, 0.15) is 5.60 Å². The van der Waals surface area contributed by atoms with Gasteiger partial charge in [-0.05, 0) is 48.6 Å². The van der Waals surface area contributed by atoms with Crippen molar-refractivity contribution in [1.82, 2.24) is 9.62 Å². The third-order valence-corrected chi connectivity index (χ3v) is 6.77. The first-order valence-electron chi connectivity index (χ1n) is 8.84. The van der Waals surface area contributed by atoms with Crippen molar-refractivity contribution in [3.63, 3.8) is 0 Å². The molecule has 0 radical (unpaired) electrons. The second-order valence-electron chi connectivity index (χ2n) is 7.06. The Morgan fingerprint density at radius 1 is 1.11 bits per heavy atom. The molecule has 7 heteroatoms. The van der Waals surface area contributed by atoms with Crippen LogP contribution in [0.5, 0.6) is 0 Å². The molecule has 0 saturated heterocycles. The molecule has 2 N–H and O–H groups in total. The first-order chi connectivity index (χ1) is 12.7. The van der Waals surface area contributed by atoms with Gasteiger partial charge in [0, 0.05) is 19.7 Å². The van der Waals surface area contributed by atoms with E-state index in [9.17, 15) is 18.3 Å². The fourth-order valence-corrected chi connectivity index (χ4v) is 3.98. The third-order valence-electron chi connectivity index (χ3n) is 4.94. The second-order valence-corrected chi connectivity index (χ2v) is 9.21. The van der Waals surface area contributed by atoms with Crippen molar-refractivity contribution in [2.75, 3.05) is 20.6 Å². The van der Waals surface area contributed by atoms with Crippen LogP contribution in [0.25, 0.3) is 0 Å². The van der Waals surface area contributed by atoms with Gasteiger partial charge in [0.2, 0.25) is 10.0 Å². The molecule has 0 spiro atoms. The fourth-order valence-electron chi connectivity index (χ4n) is 3.08. The summed E-state index contributed by atoms with van der Waals surface area (Å²) < 4.78 is 25.3. The van der Waals surface area contributed by atoms with Gasteiger partial charge in [0.25, 0.3) is 5.91 Å². The molecule has 1 aliphatic rings. The van der Waals surface area contributed by atoms with Crippen molar-refractivity contribution < 1.29 is 18.3 Å². The van der Waals surface area contributed by atoms with Crippen LogP contribution in [0, 0.1) is 5.92 Å². The predicted molar refractivity (Wildman–Crippen MR) is 103 cm³/mol. The molecule has 1 unspecified atom stereocenters. The second kappa shape index (κ2) is 7.42. The molecule has 3 rings (SSSR count). The molecular weight excluding hydrogens is 364 g/mol. The Balaban J connectivity index is 1.72. The number of rotatable bonds is 7. The molecule has 1 saturated carbocycles. The smallest absolute Gasteiger partial charge is 0.251 e. The molecule has 0 aliphatic heterocycles. The molecule has 1 aliphatic carbocycles. The van der Waals surface area contributed by atoms with Crippen molar-refractivity contribution in [3.8, 4) is 0 Å². The highest BCUT2D eigenvalue weighted by atomic mass is 32.2. The standard InChI is InChI=1S/C20H24N2O4S/c1-22(2)27(25,26)18-12-8-15(9-13-18)19(23)21-14-20(24,17-10-11-17)16-6-4-3-5-7-16/h3-9,12-13,17,24H,10-11,14H2,1-2H3,(H,21,23). The van der Waals surface area contributed by atoms with E-state index in [2.05, 4.69) is 5.32 Å². The number of hydrogen-bond acceptors (Lipinski definition) is 4. The minimum Gasteiger partial charge on any atom is -0.383 e. The van der Waals surface area contributed by atoms with Crippen molar-refractivity contribution >= 4 is 15.9 Å².